The zero-order valence-corrected chi connectivity index (χ0v) is 10.5. The summed E-state index contributed by atoms with van der Waals surface area (Å²) in [6.45, 7) is 0. The molecule has 0 atom stereocenters. The van der Waals surface area contributed by atoms with Crippen LogP contribution in [0.2, 0.25) is 0 Å². The van der Waals surface area contributed by atoms with Crippen LogP contribution in [0, 0.1) is 0 Å². The molecule has 0 saturated heterocycles. The summed E-state index contributed by atoms with van der Waals surface area (Å²) in [4.78, 5) is 0. The maximum atomic E-state index is 5.30. The van der Waals surface area contributed by atoms with Crippen molar-refractivity contribution in [2.45, 2.75) is 0 Å². The first-order valence-electron chi connectivity index (χ1n) is 3.43. The fourth-order valence-electron chi connectivity index (χ4n) is 0.843. The van der Waals surface area contributed by atoms with E-state index in [2.05, 4.69) is 17.5 Å². The van der Waals surface area contributed by atoms with Crippen molar-refractivity contribution < 1.29 is 35.7 Å². The van der Waals surface area contributed by atoms with Crippen LogP contribution in [0.5, 0.6) is 5.75 Å². The first kappa shape index (κ1) is 12.7. The zero-order valence-electron chi connectivity index (χ0n) is 8.70. The molecule has 3 nitrogen and oxygen atoms in total. The van der Waals surface area contributed by atoms with Crippen molar-refractivity contribution in [3.05, 3.63) is 24.3 Å². The molecule has 0 amide bonds. The fraction of sp³-hybridized carbons (Fsp3) is 0.125. The first-order chi connectivity index (χ1) is 5.72. The molecule has 0 aliphatic heterocycles. The van der Waals surface area contributed by atoms with Gasteiger partial charge in [-0.3, -0.25) is 0 Å². The molecule has 3 N–H and O–H groups in total. The van der Waals surface area contributed by atoms with Crippen molar-refractivity contribution in [2.75, 3.05) is 12.4 Å². The molecule has 0 fully saturated rings. The molecule has 0 heterocycles. The van der Waals surface area contributed by atoms with Crippen molar-refractivity contribution >= 4 is 23.0 Å². The van der Waals surface area contributed by atoms with Gasteiger partial charge in [-0.05, 0) is 24.4 Å². The molecule has 0 radical (unpaired) electrons. The van der Waals surface area contributed by atoms with E-state index in [0.29, 0.717) is 0 Å². The third-order valence-corrected chi connectivity index (χ3v) is 1.44. The Hall–Kier alpha value is -0.290. The van der Waals surface area contributed by atoms with E-state index >= 15 is 0 Å². The second-order valence-corrected chi connectivity index (χ2v) is 2.66. The van der Waals surface area contributed by atoms with Gasteiger partial charge in [-0.2, -0.15) is 0 Å². The van der Waals surface area contributed by atoms with Gasteiger partial charge in [0.2, 0.25) is 0 Å². The molecule has 0 aliphatic rings. The molecule has 0 spiro atoms. The van der Waals surface area contributed by atoms with E-state index in [4.69, 9.17) is 10.5 Å². The quantitative estimate of drug-likeness (QED) is 0.455. The molecule has 66 valence electrons. The smallest absolute Gasteiger partial charge is 1.00 e. The van der Waals surface area contributed by atoms with Gasteiger partial charge in [0.1, 0.15) is 5.75 Å². The molecular weight excluding hydrogens is 195 g/mol. The summed E-state index contributed by atoms with van der Waals surface area (Å²) in [5, 5.41) is 3.06. The SMILES string of the molecule is COc1cccc(NC(N)=S)c1.[H-].[Na+]. The van der Waals surface area contributed by atoms with Crippen LogP contribution in [-0.4, -0.2) is 12.2 Å². The minimum atomic E-state index is 0. The van der Waals surface area contributed by atoms with Gasteiger partial charge in [0.05, 0.1) is 7.11 Å². The van der Waals surface area contributed by atoms with Gasteiger partial charge < -0.3 is 17.2 Å². The zero-order chi connectivity index (χ0) is 8.97. The van der Waals surface area contributed by atoms with Crippen molar-refractivity contribution in [2.24, 2.45) is 5.73 Å². The first-order valence-corrected chi connectivity index (χ1v) is 3.83. The summed E-state index contributed by atoms with van der Waals surface area (Å²) in [5.41, 5.74) is 6.13. The largest absolute Gasteiger partial charge is 1.00 e. The van der Waals surface area contributed by atoms with E-state index in [1.54, 1.807) is 7.11 Å². The number of methoxy groups -OCH3 is 1. The van der Waals surface area contributed by atoms with Gasteiger partial charge >= 0.3 is 29.6 Å². The van der Waals surface area contributed by atoms with Gasteiger partial charge in [-0.1, -0.05) is 6.07 Å². The summed E-state index contributed by atoms with van der Waals surface area (Å²) in [6.07, 6.45) is 0. The molecule has 1 aromatic carbocycles. The van der Waals surface area contributed by atoms with Gasteiger partial charge in [0, 0.05) is 11.8 Å². The fourth-order valence-corrected chi connectivity index (χ4v) is 0.961. The average Bonchev–Trinajstić information content (AvgIpc) is 2.03. The minimum absolute atomic E-state index is 0. The maximum Gasteiger partial charge on any atom is 1.00 e. The van der Waals surface area contributed by atoms with Crippen molar-refractivity contribution in [3.8, 4) is 5.75 Å². The van der Waals surface area contributed by atoms with Crippen molar-refractivity contribution in [3.63, 3.8) is 0 Å². The average molecular weight is 206 g/mol. The Kier molecular flexibility index (Phi) is 6.07. The van der Waals surface area contributed by atoms with Crippen LogP contribution in [0.4, 0.5) is 5.69 Å². The van der Waals surface area contributed by atoms with E-state index < -0.39 is 0 Å². The van der Waals surface area contributed by atoms with Crippen LogP contribution in [0.3, 0.4) is 0 Å². The number of nitrogens with two attached hydrogens (primary N) is 1. The van der Waals surface area contributed by atoms with Crippen LogP contribution in [0.25, 0.3) is 0 Å². The second kappa shape index (κ2) is 6.21. The number of rotatable bonds is 2. The van der Waals surface area contributed by atoms with E-state index in [-0.39, 0.29) is 36.1 Å². The summed E-state index contributed by atoms with van der Waals surface area (Å²) >= 11 is 4.68. The summed E-state index contributed by atoms with van der Waals surface area (Å²) in [6, 6.07) is 7.39. The number of anilines is 1. The minimum Gasteiger partial charge on any atom is -1.00 e. The molecule has 13 heavy (non-hydrogen) atoms. The predicted molar refractivity (Wildman–Crippen MR) is 54.5 cm³/mol. The third-order valence-electron chi connectivity index (χ3n) is 1.34. The van der Waals surface area contributed by atoms with Gasteiger partial charge in [-0.25, -0.2) is 0 Å². The van der Waals surface area contributed by atoms with Crippen molar-refractivity contribution in [1.82, 2.24) is 0 Å². The number of nitrogens with one attached hydrogen (secondary N) is 1. The van der Waals surface area contributed by atoms with E-state index in [0.717, 1.165) is 11.4 Å². The van der Waals surface area contributed by atoms with E-state index in [1.165, 1.54) is 0 Å². The van der Waals surface area contributed by atoms with Crippen molar-refractivity contribution in [1.29, 1.82) is 0 Å². The standard InChI is InChI=1S/C8H10N2OS.Na.H/c1-11-7-4-2-3-6(5-7)10-8(9)12;;/h2-5H,1H3,(H3,9,10,12);;/q;+1;-1. The van der Waals surface area contributed by atoms with Gasteiger partial charge in [0.15, 0.2) is 5.11 Å². The molecule has 0 saturated carbocycles. The normalized spacial score (nSPS) is 8.38. The Morgan fingerprint density at radius 1 is 1.62 bits per heavy atom. The number of hydrogen-bond donors (Lipinski definition) is 2. The van der Waals surface area contributed by atoms with Crippen LogP contribution < -0.4 is 45.3 Å². The molecule has 0 bridgehead atoms. The molecule has 0 aliphatic carbocycles. The summed E-state index contributed by atoms with van der Waals surface area (Å²) < 4.78 is 5.01. The Labute approximate surface area is 106 Å². The Morgan fingerprint density at radius 2 is 2.31 bits per heavy atom. The topological polar surface area (TPSA) is 47.3 Å². The third kappa shape index (κ3) is 4.47. The van der Waals surface area contributed by atoms with Crippen LogP contribution in [-0.2, 0) is 0 Å². The maximum absolute atomic E-state index is 5.30. The molecule has 5 heteroatoms. The van der Waals surface area contributed by atoms with Gasteiger partial charge in [-0.15, -0.1) is 0 Å². The Morgan fingerprint density at radius 3 is 2.85 bits per heavy atom. The van der Waals surface area contributed by atoms with E-state index in [9.17, 15) is 0 Å². The predicted octanol–water partition coefficient (Wildman–Crippen LogP) is -1.53. The van der Waals surface area contributed by atoms with Crippen LogP contribution in [0.15, 0.2) is 24.3 Å². The number of hydrogen-bond acceptors (Lipinski definition) is 2. The number of thiocarbonyl (C=S) groups is 1. The monoisotopic (exact) mass is 206 g/mol. The van der Waals surface area contributed by atoms with Gasteiger partial charge in [0.25, 0.3) is 0 Å². The van der Waals surface area contributed by atoms with Crippen LogP contribution >= 0.6 is 12.2 Å². The Bertz CT molecular complexity index is 298. The Balaban J connectivity index is 0. The second-order valence-electron chi connectivity index (χ2n) is 2.22. The molecule has 0 aromatic heterocycles. The van der Waals surface area contributed by atoms with E-state index in [1.807, 2.05) is 24.3 Å². The number of ether oxygens (including phenoxy) is 1. The molecule has 0 unspecified atom stereocenters. The summed E-state index contributed by atoms with van der Waals surface area (Å²) in [7, 11) is 1.61. The summed E-state index contributed by atoms with van der Waals surface area (Å²) in [5.74, 6) is 0.774. The molecule has 1 rings (SSSR count). The molecule has 1 aromatic rings. The number of benzene rings is 1. The molecular formula is C8H11N2NaOS. The van der Waals surface area contributed by atoms with Crippen LogP contribution in [0.1, 0.15) is 1.43 Å².